The van der Waals surface area contributed by atoms with Gasteiger partial charge in [-0.25, -0.2) is 0 Å². The Kier molecular flexibility index (Phi) is 10.2. The minimum atomic E-state index is -0.468. The van der Waals surface area contributed by atoms with E-state index in [1.54, 1.807) is 54.6 Å². The first-order valence-corrected chi connectivity index (χ1v) is 12.8. The van der Waals surface area contributed by atoms with E-state index in [0.717, 1.165) is 18.4 Å². The van der Waals surface area contributed by atoms with Gasteiger partial charge in [-0.05, 0) is 95.6 Å². The lowest BCUT2D eigenvalue weighted by Gasteiger charge is -2.12. The van der Waals surface area contributed by atoms with E-state index in [-0.39, 0.29) is 11.0 Å². The van der Waals surface area contributed by atoms with Gasteiger partial charge in [-0.1, -0.05) is 31.5 Å². The Morgan fingerprint density at radius 2 is 1.59 bits per heavy atom. The topological polar surface area (TPSA) is 109 Å². The van der Waals surface area contributed by atoms with Crippen LogP contribution in [-0.2, 0) is 0 Å². The van der Waals surface area contributed by atoms with E-state index in [1.807, 2.05) is 19.1 Å². The standard InChI is InChI=1S/C27H27BrN4O4S/c1-3-4-15-36-23-14-11-19(16-22(23)28)24(33)30-27(37)32-31-25(34)18-9-12-20(13-10-18)29-26(35)21-8-6-5-7-17(21)2/h5-14,16H,3-4,15H2,1-2H3,(H,29,35)(H,31,34)(H2,30,32,33,37). The second kappa shape index (κ2) is 13.5. The fourth-order valence-electron chi connectivity index (χ4n) is 3.21. The van der Waals surface area contributed by atoms with Gasteiger partial charge in [0.05, 0.1) is 11.1 Å². The maximum Gasteiger partial charge on any atom is 0.269 e. The first kappa shape index (κ1) is 27.8. The van der Waals surface area contributed by atoms with E-state index in [2.05, 4.69) is 44.3 Å². The van der Waals surface area contributed by atoms with E-state index in [1.165, 1.54) is 0 Å². The highest BCUT2D eigenvalue weighted by Gasteiger charge is 2.13. The number of anilines is 1. The van der Waals surface area contributed by atoms with Crippen molar-refractivity contribution >= 4 is 56.7 Å². The van der Waals surface area contributed by atoms with Crippen LogP contribution in [0.3, 0.4) is 0 Å². The van der Waals surface area contributed by atoms with Crippen molar-refractivity contribution in [3.8, 4) is 5.75 Å². The van der Waals surface area contributed by atoms with Crippen LogP contribution in [0.1, 0.15) is 56.4 Å². The molecular weight excluding hydrogens is 556 g/mol. The number of hydrazine groups is 1. The van der Waals surface area contributed by atoms with Crippen molar-refractivity contribution < 1.29 is 19.1 Å². The molecular formula is C27H27BrN4O4S. The number of unbranched alkanes of at least 4 members (excludes halogenated alkanes) is 1. The summed E-state index contributed by atoms with van der Waals surface area (Å²) in [6.07, 6.45) is 1.96. The zero-order valence-corrected chi connectivity index (χ0v) is 22.8. The molecule has 37 heavy (non-hydrogen) atoms. The summed E-state index contributed by atoms with van der Waals surface area (Å²) in [6, 6.07) is 18.6. The molecule has 0 spiro atoms. The number of halogens is 1. The number of ether oxygens (including phenoxy) is 1. The van der Waals surface area contributed by atoms with Gasteiger partial charge in [0.15, 0.2) is 5.11 Å². The second-order valence-corrected chi connectivity index (χ2v) is 9.32. The van der Waals surface area contributed by atoms with E-state index >= 15 is 0 Å². The summed E-state index contributed by atoms with van der Waals surface area (Å²) in [4.78, 5) is 37.4. The minimum Gasteiger partial charge on any atom is -0.492 e. The lowest BCUT2D eigenvalue weighted by atomic mass is 10.1. The summed E-state index contributed by atoms with van der Waals surface area (Å²) in [7, 11) is 0. The molecule has 0 radical (unpaired) electrons. The van der Waals surface area contributed by atoms with Crippen molar-refractivity contribution in [2.24, 2.45) is 0 Å². The Hall–Kier alpha value is -3.76. The summed E-state index contributed by atoms with van der Waals surface area (Å²) >= 11 is 8.52. The van der Waals surface area contributed by atoms with Crippen LogP contribution in [0.2, 0.25) is 0 Å². The molecule has 192 valence electrons. The van der Waals surface area contributed by atoms with Crippen LogP contribution in [0, 0.1) is 6.92 Å². The summed E-state index contributed by atoms with van der Waals surface area (Å²) in [5.41, 5.74) is 7.64. The number of aryl methyl sites for hydroxylation is 1. The molecule has 0 saturated carbocycles. The zero-order valence-electron chi connectivity index (χ0n) is 20.4. The van der Waals surface area contributed by atoms with Crippen molar-refractivity contribution in [2.45, 2.75) is 26.7 Å². The molecule has 0 aromatic heterocycles. The van der Waals surface area contributed by atoms with Crippen LogP contribution >= 0.6 is 28.1 Å². The first-order valence-electron chi connectivity index (χ1n) is 11.6. The van der Waals surface area contributed by atoms with E-state index in [4.69, 9.17) is 17.0 Å². The molecule has 0 fully saturated rings. The average molecular weight is 584 g/mol. The van der Waals surface area contributed by atoms with Gasteiger partial charge >= 0.3 is 0 Å². The highest BCUT2D eigenvalue weighted by molar-refractivity contribution is 9.10. The summed E-state index contributed by atoms with van der Waals surface area (Å²) in [5, 5.41) is 5.25. The number of amides is 3. The molecule has 3 aromatic rings. The molecule has 3 rings (SSSR count). The highest BCUT2D eigenvalue weighted by Crippen LogP contribution is 2.26. The number of carbonyl (C=O) groups excluding carboxylic acids is 3. The third-order valence-corrected chi connectivity index (χ3v) is 6.08. The van der Waals surface area contributed by atoms with Crippen LogP contribution in [-0.4, -0.2) is 29.4 Å². The number of rotatable bonds is 8. The number of carbonyl (C=O) groups is 3. The predicted octanol–water partition coefficient (Wildman–Crippen LogP) is 5.14. The summed E-state index contributed by atoms with van der Waals surface area (Å²) in [5.74, 6) is -0.492. The third-order valence-electron chi connectivity index (χ3n) is 5.26. The molecule has 8 nitrogen and oxygen atoms in total. The predicted molar refractivity (Wildman–Crippen MR) is 151 cm³/mol. The fraction of sp³-hybridized carbons (Fsp3) is 0.185. The van der Waals surface area contributed by atoms with E-state index in [0.29, 0.717) is 39.2 Å². The normalized spacial score (nSPS) is 10.2. The monoisotopic (exact) mass is 582 g/mol. The Bertz CT molecular complexity index is 1300. The van der Waals surface area contributed by atoms with E-state index < -0.39 is 11.8 Å². The van der Waals surface area contributed by atoms with Crippen LogP contribution < -0.4 is 26.2 Å². The minimum absolute atomic E-state index is 0.0696. The SMILES string of the molecule is CCCCOc1ccc(C(=O)NC(=S)NNC(=O)c2ccc(NC(=O)c3ccccc3C)cc2)cc1Br. The largest absolute Gasteiger partial charge is 0.492 e. The number of thiocarbonyl (C=S) groups is 1. The molecule has 3 aromatic carbocycles. The lowest BCUT2D eigenvalue weighted by molar-refractivity contribution is 0.0934. The molecule has 0 aliphatic heterocycles. The van der Waals surface area contributed by atoms with Gasteiger partial charge in [-0.3, -0.25) is 30.6 Å². The first-order chi connectivity index (χ1) is 17.8. The molecule has 0 saturated heterocycles. The molecule has 0 atom stereocenters. The van der Waals surface area contributed by atoms with Crippen molar-refractivity contribution in [1.29, 1.82) is 0 Å². The number of hydrogen-bond donors (Lipinski definition) is 4. The Balaban J connectivity index is 1.48. The molecule has 0 bridgehead atoms. The molecule has 0 heterocycles. The van der Waals surface area contributed by atoms with Gasteiger partial charge in [0.25, 0.3) is 17.7 Å². The number of benzene rings is 3. The van der Waals surface area contributed by atoms with Crippen LogP contribution in [0.25, 0.3) is 0 Å². The third kappa shape index (κ3) is 8.12. The molecule has 0 aliphatic carbocycles. The highest BCUT2D eigenvalue weighted by atomic mass is 79.9. The molecule has 0 unspecified atom stereocenters. The summed E-state index contributed by atoms with van der Waals surface area (Å²) in [6.45, 7) is 4.54. The van der Waals surface area contributed by atoms with Crippen molar-refractivity contribution in [1.82, 2.24) is 16.2 Å². The van der Waals surface area contributed by atoms with Gasteiger partial charge in [0, 0.05) is 22.4 Å². The van der Waals surface area contributed by atoms with Gasteiger partial charge < -0.3 is 10.1 Å². The maximum absolute atomic E-state index is 12.5. The maximum atomic E-state index is 12.5. The van der Waals surface area contributed by atoms with Crippen LogP contribution in [0.5, 0.6) is 5.75 Å². The van der Waals surface area contributed by atoms with Crippen LogP contribution in [0.15, 0.2) is 71.2 Å². The second-order valence-electron chi connectivity index (χ2n) is 8.06. The Morgan fingerprint density at radius 3 is 2.27 bits per heavy atom. The molecule has 0 aliphatic rings. The number of hydrogen-bond acceptors (Lipinski definition) is 5. The summed E-state index contributed by atoms with van der Waals surface area (Å²) < 4.78 is 6.32. The van der Waals surface area contributed by atoms with Gasteiger partial charge in [0.1, 0.15) is 5.75 Å². The van der Waals surface area contributed by atoms with E-state index in [9.17, 15) is 14.4 Å². The van der Waals surface area contributed by atoms with Gasteiger partial charge in [0.2, 0.25) is 0 Å². The molecule has 10 heteroatoms. The van der Waals surface area contributed by atoms with Crippen molar-refractivity contribution in [2.75, 3.05) is 11.9 Å². The van der Waals surface area contributed by atoms with Crippen molar-refractivity contribution in [3.05, 3.63) is 93.5 Å². The quantitative estimate of drug-likeness (QED) is 0.166. The lowest BCUT2D eigenvalue weighted by Crippen LogP contribution is -2.48. The fourth-order valence-corrected chi connectivity index (χ4v) is 3.85. The Labute approximate surface area is 229 Å². The molecule has 4 N–H and O–H groups in total. The van der Waals surface area contributed by atoms with Crippen LogP contribution in [0.4, 0.5) is 5.69 Å². The van der Waals surface area contributed by atoms with Crippen molar-refractivity contribution in [3.63, 3.8) is 0 Å². The van der Waals surface area contributed by atoms with Gasteiger partial charge in [-0.15, -0.1) is 0 Å². The Morgan fingerprint density at radius 1 is 0.892 bits per heavy atom. The zero-order chi connectivity index (χ0) is 26.8. The molecule has 3 amide bonds. The average Bonchev–Trinajstić information content (AvgIpc) is 2.89. The van der Waals surface area contributed by atoms with Gasteiger partial charge in [-0.2, -0.15) is 0 Å². The smallest absolute Gasteiger partial charge is 0.269 e. The number of nitrogens with one attached hydrogen (secondary N) is 4.